The van der Waals surface area contributed by atoms with Gasteiger partial charge in [-0.1, -0.05) is 0 Å². The van der Waals surface area contributed by atoms with E-state index in [-0.39, 0.29) is 107 Å². The molecule has 0 aromatic rings. The summed E-state index contributed by atoms with van der Waals surface area (Å²) in [5.74, 6) is 0. The van der Waals surface area contributed by atoms with E-state index in [0.717, 1.165) is 0 Å². The molecule has 0 bridgehead atoms. The molecule has 0 saturated heterocycles. The maximum absolute atomic E-state index is 0. The van der Waals surface area contributed by atoms with Crippen LogP contribution in [0, 0.1) is 29.2 Å². The van der Waals surface area contributed by atoms with Gasteiger partial charge < -0.3 is 0 Å². The van der Waals surface area contributed by atoms with Gasteiger partial charge in [-0.2, -0.15) is 0 Å². The van der Waals surface area contributed by atoms with Gasteiger partial charge in [-0.05, 0) is 0 Å². The molecular formula is In3Pu. The van der Waals surface area contributed by atoms with Crippen LogP contribution in [0.2, 0.25) is 0 Å². The number of hydrogen-bond acceptors (Lipinski definition) is 0. The monoisotopic (exact) mass is 583 g/mol. The maximum Gasteiger partial charge on any atom is 0 e. The van der Waals surface area contributed by atoms with Crippen molar-refractivity contribution in [3.05, 3.63) is 0 Å². The zero-order valence-electron chi connectivity index (χ0n) is 2.14. The van der Waals surface area contributed by atoms with Gasteiger partial charge in [0.15, 0.2) is 0 Å². The molecule has 0 atom stereocenters. The number of rotatable bonds is 0. The topological polar surface area (TPSA) is 0 Å². The van der Waals surface area contributed by atoms with Gasteiger partial charge in [-0.25, -0.2) is 0 Å². The smallest absolute Gasteiger partial charge is 0 e. The molecular weight excluding hydrogens is 588 g/mol. The third-order valence-corrected chi connectivity index (χ3v) is 0. The third-order valence-electron chi connectivity index (χ3n) is 0. The molecule has 4 heavy (non-hydrogen) atoms. The average Bonchev–Trinajstić information content (AvgIpc) is 0. The van der Waals surface area contributed by atoms with E-state index in [2.05, 4.69) is 0 Å². The van der Waals surface area contributed by atoms with Gasteiger partial charge >= 0.3 is 0 Å². The molecule has 4 heteroatoms. The van der Waals surface area contributed by atoms with Crippen LogP contribution in [0.3, 0.4) is 0 Å². The molecule has 0 aliphatic heterocycles. The SMILES string of the molecule is [In].[In].[In].[Pu]. The molecule has 0 unspecified atom stereocenters. The van der Waals surface area contributed by atoms with Crippen LogP contribution in [0.4, 0.5) is 0 Å². The Morgan fingerprint density at radius 1 is 0.500 bits per heavy atom. The Morgan fingerprint density at radius 2 is 0.500 bits per heavy atom. The molecule has 0 amide bonds. The van der Waals surface area contributed by atoms with E-state index in [1.807, 2.05) is 0 Å². The summed E-state index contributed by atoms with van der Waals surface area (Å²) in [5.41, 5.74) is 0. The molecule has 0 saturated carbocycles. The molecule has 0 aromatic heterocycles. The molecule has 0 spiro atoms. The second kappa shape index (κ2) is 16.0. The van der Waals surface area contributed by atoms with Crippen molar-refractivity contribution in [2.24, 2.45) is 0 Å². The molecule has 0 aromatic carbocycles. The number of hydrogen-bond donors (Lipinski definition) is 0. The van der Waals surface area contributed by atoms with E-state index in [1.54, 1.807) is 0 Å². The van der Waals surface area contributed by atoms with Gasteiger partial charge in [-0.3, -0.25) is 0 Å². The molecule has 0 N–H and O–H groups in total. The summed E-state index contributed by atoms with van der Waals surface area (Å²) in [6, 6.07) is 0. The standard InChI is InChI=1S/3In.Pu. The fourth-order valence-corrected chi connectivity index (χ4v) is 0. The van der Waals surface area contributed by atoms with Crippen LogP contribution in [-0.4, -0.2) is 77.5 Å². The van der Waals surface area contributed by atoms with Crippen molar-refractivity contribution < 1.29 is 29.2 Å². The molecule has 15 valence electrons. The van der Waals surface area contributed by atoms with Crippen molar-refractivity contribution in [3.63, 3.8) is 0 Å². The predicted molar refractivity (Wildman–Crippen MR) is 17.3 cm³/mol. The van der Waals surface area contributed by atoms with Crippen molar-refractivity contribution in [2.45, 2.75) is 0 Å². The van der Waals surface area contributed by atoms with E-state index in [9.17, 15) is 0 Å². The summed E-state index contributed by atoms with van der Waals surface area (Å²) < 4.78 is 0. The van der Waals surface area contributed by atoms with Crippen LogP contribution in [0.15, 0.2) is 0 Å². The van der Waals surface area contributed by atoms with Crippen LogP contribution in [0.25, 0.3) is 0 Å². The average molecular weight is 588 g/mol. The Kier molecular flexibility index (Phi) is 102. The molecule has 9 radical (unpaired) electrons. The summed E-state index contributed by atoms with van der Waals surface area (Å²) >= 11 is 0. The van der Waals surface area contributed by atoms with Crippen LogP contribution in [0.1, 0.15) is 0 Å². The van der Waals surface area contributed by atoms with Crippen molar-refractivity contribution >= 4 is 77.5 Å². The minimum atomic E-state index is 0. The first-order chi connectivity index (χ1) is 0. The molecule has 0 heterocycles. The van der Waals surface area contributed by atoms with Gasteiger partial charge in [0.05, 0.1) is 0 Å². The third kappa shape index (κ3) is 9.14. The molecule has 0 rings (SSSR count). The van der Waals surface area contributed by atoms with Crippen molar-refractivity contribution in [2.75, 3.05) is 0 Å². The fraction of sp³-hybridized carbons (Fsp3) is 0. The van der Waals surface area contributed by atoms with E-state index in [0.29, 0.717) is 0 Å². The van der Waals surface area contributed by atoms with E-state index >= 15 is 0 Å². The first-order valence-corrected chi connectivity index (χ1v) is 0. The second-order valence-corrected chi connectivity index (χ2v) is 0. The fourth-order valence-electron chi connectivity index (χ4n) is 0. The molecule has 0 nitrogen and oxygen atoms in total. The summed E-state index contributed by atoms with van der Waals surface area (Å²) in [4.78, 5) is 0. The van der Waals surface area contributed by atoms with Gasteiger partial charge in [0, 0.05) is 107 Å². The minimum absolute atomic E-state index is 0. The van der Waals surface area contributed by atoms with E-state index < -0.39 is 0 Å². The summed E-state index contributed by atoms with van der Waals surface area (Å²) in [6.07, 6.45) is 0. The zero-order valence-corrected chi connectivity index (χ0v) is 15.4. The van der Waals surface area contributed by atoms with E-state index in [4.69, 9.17) is 0 Å². The Bertz CT molecular complexity index is 3.25. The van der Waals surface area contributed by atoms with Crippen LogP contribution >= 0.6 is 0 Å². The van der Waals surface area contributed by atoms with Crippen LogP contribution in [0.5, 0.6) is 0 Å². The van der Waals surface area contributed by atoms with E-state index in [1.165, 1.54) is 0 Å². The van der Waals surface area contributed by atoms with Crippen molar-refractivity contribution in [1.82, 2.24) is 0 Å². The summed E-state index contributed by atoms with van der Waals surface area (Å²) in [6.45, 7) is 0. The van der Waals surface area contributed by atoms with Crippen LogP contribution in [-0.2, 0) is 0 Å². The van der Waals surface area contributed by atoms with Crippen LogP contribution < -0.4 is 0 Å². The second-order valence-electron chi connectivity index (χ2n) is 0. The van der Waals surface area contributed by atoms with Gasteiger partial charge in [0.2, 0.25) is 0 Å². The first-order valence-electron chi connectivity index (χ1n) is 0. The summed E-state index contributed by atoms with van der Waals surface area (Å²) in [5, 5.41) is 0. The molecule has 0 fully saturated rings. The Labute approximate surface area is 104 Å². The predicted octanol–water partition coefficient (Wildman–Crippen LogP) is -1.14. The van der Waals surface area contributed by atoms with Crippen molar-refractivity contribution in [1.29, 1.82) is 0 Å². The quantitative estimate of drug-likeness (QED) is 0.336. The Morgan fingerprint density at radius 3 is 0.500 bits per heavy atom. The van der Waals surface area contributed by atoms with Gasteiger partial charge in [0.25, 0.3) is 0 Å². The van der Waals surface area contributed by atoms with Gasteiger partial charge in [0.1, 0.15) is 0 Å². The zero-order chi connectivity index (χ0) is 0. The van der Waals surface area contributed by atoms with Crippen molar-refractivity contribution in [3.8, 4) is 0 Å². The maximum atomic E-state index is 0. The molecule has 0 aliphatic carbocycles. The summed E-state index contributed by atoms with van der Waals surface area (Å²) in [7, 11) is 0. The minimum Gasteiger partial charge on any atom is 0 e. The largest absolute Gasteiger partial charge is 0 e. The normalized spacial score (nSPS) is 0. The Hall–Kier alpha value is 3.60. The molecule has 0 aliphatic rings. The Balaban J connectivity index is 0. The van der Waals surface area contributed by atoms with Gasteiger partial charge in [-0.15, -0.1) is 0 Å². The first kappa shape index (κ1) is 25.6.